The number of rotatable bonds is 12. The highest BCUT2D eigenvalue weighted by Crippen LogP contribution is 2.35. The fourth-order valence-electron chi connectivity index (χ4n) is 3.98. The minimum atomic E-state index is 0.299. The third-order valence-corrected chi connectivity index (χ3v) is 5.51. The van der Waals surface area contributed by atoms with Gasteiger partial charge in [0.15, 0.2) is 0 Å². The largest absolute Gasteiger partial charge is 0.269 e. The molecule has 2 heteroatoms. The molecule has 0 aliphatic rings. The summed E-state index contributed by atoms with van der Waals surface area (Å²) in [5, 5.41) is 4.81. The van der Waals surface area contributed by atoms with E-state index in [0.29, 0.717) is 17.4 Å². The Morgan fingerprint density at radius 1 is 1.00 bits per heavy atom. The smallest absolute Gasteiger partial charge is 0.0544 e. The fraction of sp³-hybridized carbons (Fsp3) is 0.857. The molecular formula is C21H40N2. The second kappa shape index (κ2) is 10.2. The van der Waals surface area contributed by atoms with Crippen molar-refractivity contribution in [3.05, 3.63) is 18.0 Å². The van der Waals surface area contributed by atoms with Crippen LogP contribution in [0.3, 0.4) is 0 Å². The molecule has 0 amide bonds. The molecule has 1 aromatic rings. The minimum absolute atomic E-state index is 0.299. The normalized spacial score (nSPS) is 17.0. The maximum Gasteiger partial charge on any atom is 0.0544 e. The van der Waals surface area contributed by atoms with Crippen LogP contribution >= 0.6 is 0 Å². The van der Waals surface area contributed by atoms with Crippen LogP contribution in [0, 0.1) is 5.92 Å². The van der Waals surface area contributed by atoms with Crippen molar-refractivity contribution in [1.29, 1.82) is 0 Å². The maximum absolute atomic E-state index is 4.81. The van der Waals surface area contributed by atoms with E-state index in [4.69, 9.17) is 5.10 Å². The van der Waals surface area contributed by atoms with E-state index in [1.807, 2.05) is 0 Å². The van der Waals surface area contributed by atoms with E-state index in [2.05, 4.69) is 58.6 Å². The summed E-state index contributed by atoms with van der Waals surface area (Å²) in [5.74, 6) is 0.709. The first-order chi connectivity index (χ1) is 11.0. The van der Waals surface area contributed by atoms with Gasteiger partial charge in [0.2, 0.25) is 0 Å². The second-order valence-corrected chi connectivity index (χ2v) is 7.75. The van der Waals surface area contributed by atoms with Gasteiger partial charge < -0.3 is 0 Å². The summed E-state index contributed by atoms with van der Waals surface area (Å²) < 4.78 is 2.29. The van der Waals surface area contributed by atoms with Crippen LogP contribution in [0.1, 0.15) is 111 Å². The van der Waals surface area contributed by atoms with Gasteiger partial charge in [-0.15, -0.1) is 0 Å². The number of nitrogens with zero attached hydrogens (tertiary/aromatic N) is 2. The summed E-state index contributed by atoms with van der Waals surface area (Å²) in [6.07, 6.45) is 15.9. The molecule has 0 fully saturated rings. The lowest BCUT2D eigenvalue weighted by Crippen LogP contribution is -2.22. The van der Waals surface area contributed by atoms with E-state index < -0.39 is 0 Å². The van der Waals surface area contributed by atoms with Crippen LogP contribution in [0.15, 0.2) is 12.4 Å². The Bertz CT molecular complexity index is 423. The highest BCUT2D eigenvalue weighted by Gasteiger charge is 2.28. The molecule has 23 heavy (non-hydrogen) atoms. The zero-order valence-electron chi connectivity index (χ0n) is 16.6. The van der Waals surface area contributed by atoms with E-state index in [1.54, 1.807) is 0 Å². The quantitative estimate of drug-likeness (QED) is 0.409. The molecular weight excluding hydrogens is 280 g/mol. The summed E-state index contributed by atoms with van der Waals surface area (Å²) in [4.78, 5) is 0. The number of aromatic nitrogens is 2. The molecule has 0 N–H and O–H groups in total. The van der Waals surface area contributed by atoms with Gasteiger partial charge >= 0.3 is 0 Å². The van der Waals surface area contributed by atoms with Crippen LogP contribution in [0.5, 0.6) is 0 Å². The Hall–Kier alpha value is -0.790. The molecule has 0 aliphatic heterocycles. The Morgan fingerprint density at radius 3 is 2.26 bits per heavy atom. The average molecular weight is 321 g/mol. The molecule has 3 atom stereocenters. The number of hydrogen-bond acceptors (Lipinski definition) is 1. The maximum atomic E-state index is 4.81. The third-order valence-electron chi connectivity index (χ3n) is 5.51. The van der Waals surface area contributed by atoms with Gasteiger partial charge in [0, 0.05) is 6.20 Å². The second-order valence-electron chi connectivity index (χ2n) is 7.75. The summed E-state index contributed by atoms with van der Waals surface area (Å²) in [7, 11) is 0. The van der Waals surface area contributed by atoms with Gasteiger partial charge in [-0.25, -0.2) is 0 Å². The average Bonchev–Trinajstić information content (AvgIpc) is 3.01. The van der Waals surface area contributed by atoms with E-state index in [1.165, 1.54) is 63.4 Å². The lowest BCUT2D eigenvalue weighted by atomic mass is 9.76. The highest BCUT2D eigenvalue weighted by molar-refractivity contribution is 5.18. The van der Waals surface area contributed by atoms with Crippen molar-refractivity contribution in [3.63, 3.8) is 0 Å². The molecule has 1 heterocycles. The predicted molar refractivity (Wildman–Crippen MR) is 102 cm³/mol. The van der Waals surface area contributed by atoms with Crippen molar-refractivity contribution < 1.29 is 0 Å². The lowest BCUT2D eigenvalue weighted by molar-refractivity contribution is 0.287. The van der Waals surface area contributed by atoms with Crippen molar-refractivity contribution >= 4 is 0 Å². The van der Waals surface area contributed by atoms with E-state index >= 15 is 0 Å². The monoisotopic (exact) mass is 320 g/mol. The van der Waals surface area contributed by atoms with Gasteiger partial charge in [-0.3, -0.25) is 4.68 Å². The van der Waals surface area contributed by atoms with E-state index in [0.717, 1.165) is 0 Å². The molecule has 0 radical (unpaired) electrons. The van der Waals surface area contributed by atoms with Gasteiger partial charge in [0.25, 0.3) is 0 Å². The van der Waals surface area contributed by atoms with Crippen LogP contribution in [-0.4, -0.2) is 9.78 Å². The Balaban J connectivity index is 2.98. The van der Waals surface area contributed by atoms with Crippen molar-refractivity contribution in [2.75, 3.05) is 0 Å². The molecule has 1 rings (SSSR count). The number of unbranched alkanes of at least 4 members (excludes halogenated alkanes) is 1. The van der Waals surface area contributed by atoms with Gasteiger partial charge in [-0.05, 0) is 42.6 Å². The topological polar surface area (TPSA) is 17.8 Å². The molecule has 0 aromatic carbocycles. The lowest BCUT2D eigenvalue weighted by Gasteiger charge is -2.29. The summed E-state index contributed by atoms with van der Waals surface area (Å²) in [6, 6.07) is 0.561. The predicted octanol–water partition coefficient (Wildman–Crippen LogP) is 6.91. The summed E-state index contributed by atoms with van der Waals surface area (Å²) in [6.45, 7) is 14.0. The first kappa shape index (κ1) is 20.3. The van der Waals surface area contributed by atoms with Crippen LogP contribution in [0.25, 0.3) is 0 Å². The Labute approximate surface area is 145 Å². The van der Waals surface area contributed by atoms with Crippen molar-refractivity contribution in [1.82, 2.24) is 9.78 Å². The minimum Gasteiger partial charge on any atom is -0.269 e. The Morgan fingerprint density at radius 2 is 1.70 bits per heavy atom. The van der Waals surface area contributed by atoms with Crippen LogP contribution in [-0.2, 0) is 5.41 Å². The summed E-state index contributed by atoms with van der Waals surface area (Å²) >= 11 is 0. The van der Waals surface area contributed by atoms with Crippen molar-refractivity contribution in [3.8, 4) is 0 Å². The Kier molecular flexibility index (Phi) is 8.94. The molecule has 0 saturated heterocycles. The first-order valence-corrected chi connectivity index (χ1v) is 10.1. The zero-order chi connectivity index (χ0) is 17.3. The van der Waals surface area contributed by atoms with Crippen molar-refractivity contribution in [2.45, 2.75) is 111 Å². The van der Waals surface area contributed by atoms with Crippen molar-refractivity contribution in [2.24, 2.45) is 5.92 Å². The molecule has 0 spiro atoms. The van der Waals surface area contributed by atoms with E-state index in [9.17, 15) is 0 Å². The standard InChI is InChI=1S/C21H40N2/c1-7-11-15-21(6,14-10-4)19-16-22-23(17-19)20(13-9-3)18(5)12-8-2/h16-18,20H,7-15H2,1-6H3. The molecule has 0 bridgehead atoms. The van der Waals surface area contributed by atoms with Crippen LogP contribution in [0.2, 0.25) is 0 Å². The molecule has 1 aromatic heterocycles. The highest BCUT2D eigenvalue weighted by atomic mass is 15.3. The third kappa shape index (κ3) is 5.65. The first-order valence-electron chi connectivity index (χ1n) is 10.1. The summed E-state index contributed by atoms with van der Waals surface area (Å²) in [5.41, 5.74) is 1.76. The molecule has 2 nitrogen and oxygen atoms in total. The molecule has 134 valence electrons. The van der Waals surface area contributed by atoms with Crippen LogP contribution < -0.4 is 0 Å². The van der Waals surface area contributed by atoms with Gasteiger partial charge in [0.1, 0.15) is 0 Å². The molecule has 0 aliphatic carbocycles. The van der Waals surface area contributed by atoms with Gasteiger partial charge in [-0.2, -0.15) is 5.10 Å². The van der Waals surface area contributed by atoms with Crippen LogP contribution in [0.4, 0.5) is 0 Å². The molecule has 0 saturated carbocycles. The van der Waals surface area contributed by atoms with Gasteiger partial charge in [0.05, 0.1) is 12.2 Å². The molecule has 3 unspecified atom stereocenters. The SMILES string of the molecule is CCCCC(C)(CCC)c1cnn(C(CCC)C(C)CCC)c1. The fourth-order valence-corrected chi connectivity index (χ4v) is 3.98. The van der Waals surface area contributed by atoms with E-state index in [-0.39, 0.29) is 0 Å². The van der Waals surface area contributed by atoms with Gasteiger partial charge in [-0.1, -0.05) is 73.6 Å². The number of hydrogen-bond donors (Lipinski definition) is 0. The zero-order valence-corrected chi connectivity index (χ0v) is 16.6.